The van der Waals surface area contributed by atoms with Crippen LogP contribution < -0.4 is 16.0 Å². The smallest absolute Gasteiger partial charge is 0.339 e. The summed E-state index contributed by atoms with van der Waals surface area (Å²) in [6, 6.07) is 16.4. The molecule has 1 amide bonds. The van der Waals surface area contributed by atoms with Crippen molar-refractivity contribution in [2.45, 2.75) is 24.7 Å². The summed E-state index contributed by atoms with van der Waals surface area (Å²) in [5.74, 6) is -1.27. The maximum Gasteiger partial charge on any atom is 0.339 e. The van der Waals surface area contributed by atoms with Crippen molar-refractivity contribution >= 4 is 29.0 Å². The van der Waals surface area contributed by atoms with Gasteiger partial charge in [-0.2, -0.15) is 0 Å². The van der Waals surface area contributed by atoms with Gasteiger partial charge in [0, 0.05) is 34.6 Å². The molecule has 0 fully saturated rings. The van der Waals surface area contributed by atoms with Gasteiger partial charge in [0.25, 0.3) is 0 Å². The molecule has 3 N–H and O–H groups in total. The monoisotopic (exact) mass is 415 g/mol. The van der Waals surface area contributed by atoms with Gasteiger partial charge in [-0.25, -0.2) is 4.79 Å². The van der Waals surface area contributed by atoms with Crippen LogP contribution in [0.1, 0.15) is 24.8 Å². The second-order valence-electron chi connectivity index (χ2n) is 7.77. The first-order valence-electron chi connectivity index (χ1n) is 10.1. The van der Waals surface area contributed by atoms with Crippen molar-refractivity contribution in [3.05, 3.63) is 82.8 Å². The SMILES string of the molecule is COC(=O)C1=C(N)N(c2ccccc2)C2=C(C(=O)CCC2)C12C(=O)Nc1ccccc12. The van der Waals surface area contributed by atoms with Crippen LogP contribution in [0.25, 0.3) is 0 Å². The predicted molar refractivity (Wildman–Crippen MR) is 115 cm³/mol. The van der Waals surface area contributed by atoms with Crippen LogP contribution in [-0.4, -0.2) is 24.8 Å². The minimum absolute atomic E-state index is 0.0321. The predicted octanol–water partition coefficient (Wildman–Crippen LogP) is 2.75. The summed E-state index contributed by atoms with van der Waals surface area (Å²) in [7, 11) is 1.24. The third kappa shape index (κ3) is 2.43. The highest BCUT2D eigenvalue weighted by molar-refractivity contribution is 6.23. The van der Waals surface area contributed by atoms with Gasteiger partial charge in [-0.15, -0.1) is 0 Å². The average Bonchev–Trinajstić information content (AvgIpc) is 3.06. The lowest BCUT2D eigenvalue weighted by Gasteiger charge is -2.44. The summed E-state index contributed by atoms with van der Waals surface area (Å²) in [6.45, 7) is 0. The Morgan fingerprint density at radius 3 is 2.52 bits per heavy atom. The number of nitrogens with two attached hydrogens (primary N) is 1. The number of carbonyl (C=O) groups excluding carboxylic acids is 3. The topological polar surface area (TPSA) is 102 Å². The van der Waals surface area contributed by atoms with Crippen molar-refractivity contribution in [3.8, 4) is 0 Å². The summed E-state index contributed by atoms with van der Waals surface area (Å²) in [6.07, 6.45) is 1.50. The van der Waals surface area contributed by atoms with Crippen molar-refractivity contribution < 1.29 is 19.1 Å². The van der Waals surface area contributed by atoms with Crippen LogP contribution in [0, 0.1) is 0 Å². The molecule has 2 heterocycles. The molecular weight excluding hydrogens is 394 g/mol. The summed E-state index contributed by atoms with van der Waals surface area (Å²) in [4.78, 5) is 41.9. The van der Waals surface area contributed by atoms with Crippen molar-refractivity contribution in [1.82, 2.24) is 0 Å². The summed E-state index contributed by atoms with van der Waals surface area (Å²) >= 11 is 0. The Hall–Kier alpha value is -3.87. The number of amides is 1. The molecule has 0 bridgehead atoms. The number of para-hydroxylation sites is 2. The lowest BCUT2D eigenvalue weighted by atomic mass is 9.63. The van der Waals surface area contributed by atoms with Crippen molar-refractivity contribution in [2.24, 2.45) is 5.73 Å². The first-order chi connectivity index (χ1) is 15.0. The highest BCUT2D eigenvalue weighted by atomic mass is 16.5. The molecular formula is C24H21N3O4. The van der Waals surface area contributed by atoms with Crippen LogP contribution in [0.4, 0.5) is 11.4 Å². The summed E-state index contributed by atoms with van der Waals surface area (Å²) in [5, 5.41) is 2.85. The minimum Gasteiger partial charge on any atom is -0.466 e. The maximum atomic E-state index is 13.6. The molecule has 31 heavy (non-hydrogen) atoms. The molecule has 1 atom stereocenters. The number of hydrogen-bond donors (Lipinski definition) is 2. The second kappa shape index (κ2) is 6.84. The van der Waals surface area contributed by atoms with Gasteiger partial charge >= 0.3 is 5.97 Å². The van der Waals surface area contributed by atoms with Crippen LogP contribution in [0.5, 0.6) is 0 Å². The first-order valence-corrected chi connectivity index (χ1v) is 10.1. The van der Waals surface area contributed by atoms with Gasteiger partial charge in [-0.1, -0.05) is 36.4 Å². The van der Waals surface area contributed by atoms with E-state index in [2.05, 4.69) is 5.32 Å². The number of fused-ring (bicyclic) bond motifs is 3. The Labute approximate surface area is 179 Å². The van der Waals surface area contributed by atoms with Gasteiger partial charge in [0.15, 0.2) is 5.78 Å². The zero-order valence-electron chi connectivity index (χ0n) is 17.0. The minimum atomic E-state index is -1.63. The van der Waals surface area contributed by atoms with Crippen molar-refractivity contribution in [1.29, 1.82) is 0 Å². The molecule has 1 unspecified atom stereocenters. The number of ether oxygens (including phenoxy) is 1. The third-order valence-electron chi connectivity index (χ3n) is 6.23. The molecule has 0 saturated heterocycles. The second-order valence-corrected chi connectivity index (χ2v) is 7.77. The van der Waals surface area contributed by atoms with Crippen LogP contribution in [0.15, 0.2) is 77.3 Å². The van der Waals surface area contributed by atoms with E-state index in [0.29, 0.717) is 47.5 Å². The molecule has 7 heteroatoms. The van der Waals surface area contributed by atoms with E-state index in [1.54, 1.807) is 29.2 Å². The number of nitrogens with zero attached hydrogens (tertiary/aromatic N) is 1. The van der Waals surface area contributed by atoms with Crippen LogP contribution >= 0.6 is 0 Å². The Morgan fingerprint density at radius 1 is 1.06 bits per heavy atom. The number of esters is 1. The van der Waals surface area contributed by atoms with E-state index in [-0.39, 0.29) is 17.2 Å². The number of nitrogens with one attached hydrogen (secondary N) is 1. The highest BCUT2D eigenvalue weighted by Crippen LogP contribution is 2.55. The quantitative estimate of drug-likeness (QED) is 0.732. The van der Waals surface area contributed by atoms with E-state index in [9.17, 15) is 14.4 Å². The van der Waals surface area contributed by atoms with Crippen LogP contribution in [0.2, 0.25) is 0 Å². The fraction of sp³-hybridized carbons (Fsp3) is 0.208. The number of allylic oxidation sites excluding steroid dienone is 1. The number of benzene rings is 2. The Kier molecular flexibility index (Phi) is 4.22. The Morgan fingerprint density at radius 2 is 1.77 bits per heavy atom. The molecule has 2 aromatic rings. The molecule has 7 nitrogen and oxygen atoms in total. The molecule has 0 aromatic heterocycles. The van der Waals surface area contributed by atoms with E-state index < -0.39 is 17.3 Å². The lowest BCUT2D eigenvalue weighted by Crippen LogP contribution is -2.53. The first kappa shape index (κ1) is 19.1. The molecule has 2 aliphatic heterocycles. The maximum absolute atomic E-state index is 13.6. The van der Waals surface area contributed by atoms with Gasteiger partial charge in [0.05, 0.1) is 7.11 Å². The molecule has 0 radical (unpaired) electrons. The van der Waals surface area contributed by atoms with Gasteiger partial charge in [-0.05, 0) is 31.0 Å². The number of hydrogen-bond acceptors (Lipinski definition) is 6. The molecule has 1 aliphatic carbocycles. The van der Waals surface area contributed by atoms with Gasteiger partial charge in [-0.3, -0.25) is 14.5 Å². The number of ketones is 1. The zero-order chi connectivity index (χ0) is 21.8. The Balaban J connectivity index is 1.92. The number of methoxy groups -OCH3 is 1. The van der Waals surface area contributed by atoms with E-state index in [0.717, 1.165) is 0 Å². The standard InChI is InChI=1S/C24H21N3O4/c1-31-22(29)20-21(25)27(14-8-3-2-4-9-14)17-12-7-13-18(28)19(17)24(20)15-10-5-6-11-16(15)26-23(24)30/h2-6,8-11H,7,12-13,25H2,1H3,(H,26,30). The molecule has 3 aliphatic rings. The van der Waals surface area contributed by atoms with E-state index in [1.807, 2.05) is 30.3 Å². The highest BCUT2D eigenvalue weighted by Gasteiger charge is 2.61. The van der Waals surface area contributed by atoms with E-state index >= 15 is 0 Å². The number of carbonyl (C=O) groups is 3. The van der Waals surface area contributed by atoms with Gasteiger partial charge < -0.3 is 15.8 Å². The number of anilines is 2. The summed E-state index contributed by atoms with van der Waals surface area (Å²) in [5.41, 5.74) is 7.74. The molecule has 2 aromatic carbocycles. The molecule has 156 valence electrons. The van der Waals surface area contributed by atoms with Crippen LogP contribution in [0.3, 0.4) is 0 Å². The van der Waals surface area contributed by atoms with E-state index in [1.165, 1.54) is 7.11 Å². The third-order valence-corrected chi connectivity index (χ3v) is 6.23. The number of Topliss-reactive ketones (excluding diaryl/α,β-unsaturated/α-hetero) is 1. The fourth-order valence-corrected chi connectivity index (χ4v) is 5.04. The molecule has 5 rings (SSSR count). The van der Waals surface area contributed by atoms with Gasteiger partial charge in [0.2, 0.25) is 5.91 Å². The molecule has 1 spiro atoms. The largest absolute Gasteiger partial charge is 0.466 e. The lowest BCUT2D eigenvalue weighted by molar-refractivity contribution is -0.138. The normalized spacial score (nSPS) is 22.4. The fourth-order valence-electron chi connectivity index (χ4n) is 5.04. The Bertz CT molecular complexity index is 1200. The zero-order valence-corrected chi connectivity index (χ0v) is 17.0. The van der Waals surface area contributed by atoms with Gasteiger partial charge in [0.1, 0.15) is 16.8 Å². The van der Waals surface area contributed by atoms with E-state index in [4.69, 9.17) is 10.5 Å². The van der Waals surface area contributed by atoms with Crippen LogP contribution in [-0.2, 0) is 24.5 Å². The van der Waals surface area contributed by atoms with Crippen molar-refractivity contribution in [3.63, 3.8) is 0 Å². The summed E-state index contributed by atoms with van der Waals surface area (Å²) < 4.78 is 5.09. The number of rotatable bonds is 2. The van der Waals surface area contributed by atoms with Crippen molar-refractivity contribution in [2.75, 3.05) is 17.3 Å². The average molecular weight is 415 g/mol. The molecule has 0 saturated carbocycles.